The Labute approximate surface area is 99.2 Å². The summed E-state index contributed by atoms with van der Waals surface area (Å²) in [5, 5.41) is 0. The van der Waals surface area contributed by atoms with Gasteiger partial charge < -0.3 is 15.4 Å². The summed E-state index contributed by atoms with van der Waals surface area (Å²) in [5.74, 6) is 0.264. The van der Waals surface area contributed by atoms with Crippen LogP contribution >= 0.6 is 0 Å². The number of fused-ring (bicyclic) bond motifs is 1. The summed E-state index contributed by atoms with van der Waals surface area (Å²) in [6, 6.07) is 3.22. The number of nitrogens with zero attached hydrogens (tertiary/aromatic N) is 1. The van der Waals surface area contributed by atoms with Gasteiger partial charge in [0.05, 0.1) is 24.3 Å². The lowest BCUT2D eigenvalue weighted by atomic mass is 10.1. The number of hydrogen-bond acceptors (Lipinski definition) is 4. The monoisotopic (exact) mass is 234 g/mol. The molecule has 1 aromatic rings. The maximum Gasteiger partial charge on any atom is 0.230 e. The minimum atomic E-state index is -0.128. The SMILES string of the molecule is CC(=O)c1cc(N)cc2c1OCCC(=O)N2C. The summed E-state index contributed by atoms with van der Waals surface area (Å²) < 4.78 is 5.50. The van der Waals surface area contributed by atoms with Gasteiger partial charge in [0.2, 0.25) is 5.91 Å². The second-order valence-corrected chi connectivity index (χ2v) is 4.02. The maximum absolute atomic E-state index is 11.7. The number of anilines is 2. The van der Waals surface area contributed by atoms with Crippen molar-refractivity contribution < 1.29 is 14.3 Å². The molecule has 5 nitrogen and oxygen atoms in total. The summed E-state index contributed by atoms with van der Waals surface area (Å²) >= 11 is 0. The molecule has 5 heteroatoms. The number of ketones is 1. The minimum absolute atomic E-state index is 0.0520. The van der Waals surface area contributed by atoms with Crippen LogP contribution in [0.25, 0.3) is 0 Å². The first-order chi connectivity index (χ1) is 8.00. The molecule has 0 aromatic heterocycles. The molecular weight excluding hydrogens is 220 g/mol. The highest BCUT2D eigenvalue weighted by atomic mass is 16.5. The minimum Gasteiger partial charge on any atom is -0.490 e. The Bertz CT molecular complexity index is 497. The lowest BCUT2D eigenvalue weighted by molar-refractivity contribution is -0.118. The van der Waals surface area contributed by atoms with E-state index in [0.29, 0.717) is 29.1 Å². The quantitative estimate of drug-likeness (QED) is 0.585. The van der Waals surface area contributed by atoms with Gasteiger partial charge in [-0.15, -0.1) is 0 Å². The predicted octanol–water partition coefficient (Wildman–Crippen LogP) is 1.22. The van der Waals surface area contributed by atoms with E-state index in [1.54, 1.807) is 19.2 Å². The van der Waals surface area contributed by atoms with Gasteiger partial charge in [-0.1, -0.05) is 0 Å². The fourth-order valence-electron chi connectivity index (χ4n) is 1.84. The van der Waals surface area contributed by atoms with Crippen molar-refractivity contribution in [3.05, 3.63) is 17.7 Å². The Balaban J connectivity index is 2.65. The first-order valence-corrected chi connectivity index (χ1v) is 5.34. The highest BCUT2D eigenvalue weighted by molar-refractivity contribution is 6.03. The third kappa shape index (κ3) is 1.95. The fraction of sp³-hybridized carbons (Fsp3) is 0.333. The second-order valence-electron chi connectivity index (χ2n) is 4.02. The van der Waals surface area contributed by atoms with Crippen molar-refractivity contribution in [1.29, 1.82) is 0 Å². The molecule has 2 rings (SSSR count). The van der Waals surface area contributed by atoms with Gasteiger partial charge in [-0.25, -0.2) is 0 Å². The molecule has 0 bridgehead atoms. The van der Waals surface area contributed by atoms with Crippen molar-refractivity contribution in [3.8, 4) is 5.75 Å². The summed E-state index contributed by atoms with van der Waals surface area (Å²) in [5.41, 5.74) is 7.15. The topological polar surface area (TPSA) is 72.6 Å². The Morgan fingerprint density at radius 1 is 1.47 bits per heavy atom. The Kier molecular flexibility index (Phi) is 2.75. The van der Waals surface area contributed by atoms with E-state index < -0.39 is 0 Å². The second kappa shape index (κ2) is 4.08. The highest BCUT2D eigenvalue weighted by Crippen LogP contribution is 2.36. The third-order valence-corrected chi connectivity index (χ3v) is 2.77. The number of Topliss-reactive ketones (excluding diaryl/α,β-unsaturated/α-hetero) is 1. The molecule has 17 heavy (non-hydrogen) atoms. The standard InChI is InChI=1S/C12H14N2O3/c1-7(15)9-5-8(13)6-10-12(9)17-4-3-11(16)14(10)2/h5-6H,3-4,13H2,1-2H3. The van der Waals surface area contributed by atoms with Crippen molar-refractivity contribution in [3.63, 3.8) is 0 Å². The first-order valence-electron chi connectivity index (χ1n) is 5.34. The van der Waals surface area contributed by atoms with Crippen LogP contribution in [0.5, 0.6) is 5.75 Å². The molecule has 0 atom stereocenters. The van der Waals surface area contributed by atoms with Crippen LogP contribution in [0.2, 0.25) is 0 Å². The Hall–Kier alpha value is -2.04. The van der Waals surface area contributed by atoms with Crippen LogP contribution in [0.3, 0.4) is 0 Å². The van der Waals surface area contributed by atoms with Gasteiger partial charge in [-0.3, -0.25) is 9.59 Å². The fourth-order valence-corrected chi connectivity index (χ4v) is 1.84. The Morgan fingerprint density at radius 3 is 2.82 bits per heavy atom. The van der Waals surface area contributed by atoms with Gasteiger partial charge in [-0.05, 0) is 19.1 Å². The van der Waals surface area contributed by atoms with E-state index in [4.69, 9.17) is 10.5 Å². The number of hydrogen-bond donors (Lipinski definition) is 1. The van der Waals surface area contributed by atoms with Gasteiger partial charge in [0.1, 0.15) is 0 Å². The summed E-state index contributed by atoms with van der Waals surface area (Å²) in [6.45, 7) is 1.73. The average Bonchev–Trinajstić information content (AvgIpc) is 2.40. The number of amides is 1. The normalized spacial score (nSPS) is 14.9. The molecule has 1 aliphatic heterocycles. The van der Waals surface area contributed by atoms with E-state index in [2.05, 4.69) is 0 Å². The third-order valence-electron chi connectivity index (χ3n) is 2.77. The van der Waals surface area contributed by atoms with Crippen molar-refractivity contribution in [2.24, 2.45) is 0 Å². The van der Waals surface area contributed by atoms with Crippen LogP contribution in [-0.2, 0) is 4.79 Å². The molecule has 0 spiro atoms. The van der Waals surface area contributed by atoms with E-state index in [0.717, 1.165) is 0 Å². The van der Waals surface area contributed by atoms with Gasteiger partial charge in [0.15, 0.2) is 11.5 Å². The van der Waals surface area contributed by atoms with Crippen LogP contribution in [0.1, 0.15) is 23.7 Å². The molecule has 2 N–H and O–H groups in total. The van der Waals surface area contributed by atoms with Crippen LogP contribution in [-0.4, -0.2) is 25.3 Å². The van der Waals surface area contributed by atoms with Crippen LogP contribution in [0.15, 0.2) is 12.1 Å². The average molecular weight is 234 g/mol. The summed E-state index contributed by atoms with van der Waals surface area (Å²) in [7, 11) is 1.65. The molecule has 0 fully saturated rings. The van der Waals surface area contributed by atoms with E-state index >= 15 is 0 Å². The van der Waals surface area contributed by atoms with Crippen molar-refractivity contribution in [1.82, 2.24) is 0 Å². The number of carbonyl (C=O) groups excluding carboxylic acids is 2. The zero-order chi connectivity index (χ0) is 12.6. The largest absolute Gasteiger partial charge is 0.490 e. The number of carbonyl (C=O) groups is 2. The molecule has 0 aliphatic carbocycles. The van der Waals surface area contributed by atoms with Crippen LogP contribution in [0.4, 0.5) is 11.4 Å². The zero-order valence-corrected chi connectivity index (χ0v) is 9.82. The van der Waals surface area contributed by atoms with Gasteiger partial charge in [-0.2, -0.15) is 0 Å². The number of ether oxygens (including phenoxy) is 1. The van der Waals surface area contributed by atoms with Gasteiger partial charge in [0, 0.05) is 12.7 Å². The number of rotatable bonds is 1. The molecule has 0 saturated heterocycles. The number of nitrogens with two attached hydrogens (primary N) is 1. The van der Waals surface area contributed by atoms with E-state index in [1.807, 2.05) is 0 Å². The lowest BCUT2D eigenvalue weighted by Crippen LogP contribution is -2.25. The van der Waals surface area contributed by atoms with Crippen LogP contribution < -0.4 is 15.4 Å². The van der Waals surface area contributed by atoms with Gasteiger partial charge in [0.25, 0.3) is 0 Å². The number of nitrogen functional groups attached to an aromatic ring is 1. The van der Waals surface area contributed by atoms with E-state index in [9.17, 15) is 9.59 Å². The summed E-state index contributed by atoms with van der Waals surface area (Å²) in [4.78, 5) is 24.7. The molecule has 0 unspecified atom stereocenters. The molecular formula is C12H14N2O3. The summed E-state index contributed by atoms with van der Waals surface area (Å²) in [6.07, 6.45) is 0.294. The maximum atomic E-state index is 11.7. The molecule has 90 valence electrons. The smallest absolute Gasteiger partial charge is 0.230 e. The lowest BCUT2D eigenvalue weighted by Gasteiger charge is -2.18. The molecule has 1 aliphatic rings. The van der Waals surface area contributed by atoms with Crippen molar-refractivity contribution >= 4 is 23.1 Å². The van der Waals surface area contributed by atoms with E-state index in [1.165, 1.54) is 11.8 Å². The predicted molar refractivity (Wildman–Crippen MR) is 64.4 cm³/mol. The van der Waals surface area contributed by atoms with Gasteiger partial charge >= 0.3 is 0 Å². The van der Waals surface area contributed by atoms with Crippen molar-refractivity contribution in [2.75, 3.05) is 24.3 Å². The van der Waals surface area contributed by atoms with Crippen molar-refractivity contribution in [2.45, 2.75) is 13.3 Å². The highest BCUT2D eigenvalue weighted by Gasteiger charge is 2.24. The van der Waals surface area contributed by atoms with E-state index in [-0.39, 0.29) is 18.3 Å². The molecule has 0 radical (unpaired) electrons. The first kappa shape index (κ1) is 11.4. The molecule has 1 aromatic carbocycles. The molecule has 1 amide bonds. The molecule has 1 heterocycles. The Morgan fingerprint density at radius 2 is 2.18 bits per heavy atom. The zero-order valence-electron chi connectivity index (χ0n) is 9.82. The number of benzene rings is 1. The molecule has 0 saturated carbocycles. The van der Waals surface area contributed by atoms with Crippen LogP contribution in [0, 0.1) is 0 Å².